The normalized spacial score (nSPS) is 16.2. The van der Waals surface area contributed by atoms with Crippen molar-refractivity contribution in [2.75, 3.05) is 44.9 Å². The van der Waals surface area contributed by atoms with Gasteiger partial charge in [0.15, 0.2) is 17.5 Å². The van der Waals surface area contributed by atoms with Crippen LogP contribution in [0.5, 0.6) is 11.5 Å². The number of ether oxygens (including phenoxy) is 2. The Kier molecular flexibility index (Phi) is 11.4. The van der Waals surface area contributed by atoms with E-state index in [2.05, 4.69) is 52.8 Å². The second-order valence-electron chi connectivity index (χ2n) is 7.52. The standard InChI is InChI=1S/C24H34N4O3.HI/c1-3-25-24(26-17-19-11-12-22(31-15-14-29)23(16-19)30-2)27-20-8-7-13-28(18-20)21-9-5-4-6-10-21;/h4-6,9-12,16,20,29H,3,7-8,13-15,17-18H2,1-2H3,(H2,25,26,27);1H. The third-order valence-corrected chi connectivity index (χ3v) is 5.22. The number of aliphatic imine (C=N–C) groups is 1. The van der Waals surface area contributed by atoms with E-state index in [9.17, 15) is 0 Å². The van der Waals surface area contributed by atoms with Crippen LogP contribution in [0.1, 0.15) is 25.3 Å². The van der Waals surface area contributed by atoms with Gasteiger partial charge in [0.2, 0.25) is 0 Å². The second kappa shape index (κ2) is 14.1. The number of anilines is 1. The molecule has 2 aromatic rings. The number of methoxy groups -OCH3 is 1. The van der Waals surface area contributed by atoms with Crippen LogP contribution in [0.4, 0.5) is 5.69 Å². The summed E-state index contributed by atoms with van der Waals surface area (Å²) in [4.78, 5) is 7.21. The molecule has 1 heterocycles. The van der Waals surface area contributed by atoms with Gasteiger partial charge in [0.05, 0.1) is 20.3 Å². The van der Waals surface area contributed by atoms with Crippen LogP contribution >= 0.6 is 24.0 Å². The van der Waals surface area contributed by atoms with Crippen LogP contribution in [-0.4, -0.2) is 57.1 Å². The molecule has 1 saturated heterocycles. The number of benzene rings is 2. The minimum atomic E-state index is -0.0320. The molecule has 7 nitrogen and oxygen atoms in total. The highest BCUT2D eigenvalue weighted by atomic mass is 127. The number of halogens is 1. The molecule has 0 spiro atoms. The van der Waals surface area contributed by atoms with E-state index in [1.807, 2.05) is 18.2 Å². The van der Waals surface area contributed by atoms with Crippen molar-refractivity contribution in [3.63, 3.8) is 0 Å². The first kappa shape index (κ1) is 26.1. The van der Waals surface area contributed by atoms with Crippen molar-refractivity contribution in [1.82, 2.24) is 10.6 Å². The van der Waals surface area contributed by atoms with E-state index >= 15 is 0 Å². The highest BCUT2D eigenvalue weighted by Crippen LogP contribution is 2.28. The Morgan fingerprint density at radius 1 is 1.19 bits per heavy atom. The molecule has 0 aromatic heterocycles. The van der Waals surface area contributed by atoms with E-state index in [1.165, 1.54) is 5.69 Å². The van der Waals surface area contributed by atoms with Gasteiger partial charge in [-0.05, 0) is 49.6 Å². The number of aliphatic hydroxyl groups excluding tert-OH is 1. The number of rotatable bonds is 9. The largest absolute Gasteiger partial charge is 0.493 e. The summed E-state index contributed by atoms with van der Waals surface area (Å²) >= 11 is 0. The van der Waals surface area contributed by atoms with Crippen LogP contribution in [0, 0.1) is 0 Å². The van der Waals surface area contributed by atoms with Gasteiger partial charge in [-0.3, -0.25) is 0 Å². The molecule has 1 fully saturated rings. The average Bonchev–Trinajstić information content (AvgIpc) is 2.82. The van der Waals surface area contributed by atoms with E-state index in [4.69, 9.17) is 19.6 Å². The molecule has 3 rings (SSSR count). The molecule has 0 radical (unpaired) electrons. The van der Waals surface area contributed by atoms with Crippen LogP contribution in [0.25, 0.3) is 0 Å². The zero-order chi connectivity index (χ0) is 21.9. The molecule has 1 aliphatic rings. The first-order valence-electron chi connectivity index (χ1n) is 11.0. The van der Waals surface area contributed by atoms with Gasteiger partial charge >= 0.3 is 0 Å². The van der Waals surface area contributed by atoms with Gasteiger partial charge in [-0.1, -0.05) is 24.3 Å². The zero-order valence-corrected chi connectivity index (χ0v) is 21.2. The van der Waals surface area contributed by atoms with Crippen molar-refractivity contribution >= 4 is 35.6 Å². The van der Waals surface area contributed by atoms with Crippen LogP contribution < -0.4 is 25.0 Å². The van der Waals surface area contributed by atoms with Gasteiger partial charge in [-0.25, -0.2) is 4.99 Å². The second-order valence-corrected chi connectivity index (χ2v) is 7.52. The van der Waals surface area contributed by atoms with Gasteiger partial charge < -0.3 is 30.1 Å². The maximum absolute atomic E-state index is 8.96. The quantitative estimate of drug-likeness (QED) is 0.251. The van der Waals surface area contributed by atoms with E-state index in [0.29, 0.717) is 24.1 Å². The van der Waals surface area contributed by atoms with Crippen molar-refractivity contribution in [2.24, 2.45) is 4.99 Å². The third kappa shape index (κ3) is 7.74. The Morgan fingerprint density at radius 3 is 2.72 bits per heavy atom. The lowest BCUT2D eigenvalue weighted by Gasteiger charge is -2.35. The molecule has 8 heteroatoms. The fourth-order valence-corrected chi connectivity index (χ4v) is 3.74. The maximum Gasteiger partial charge on any atom is 0.191 e. The Labute approximate surface area is 208 Å². The predicted molar refractivity (Wildman–Crippen MR) is 141 cm³/mol. The van der Waals surface area contributed by atoms with Crippen molar-refractivity contribution in [3.8, 4) is 11.5 Å². The summed E-state index contributed by atoms with van der Waals surface area (Å²) in [6.07, 6.45) is 2.27. The Bertz CT molecular complexity index is 835. The SMILES string of the molecule is CCNC(=NCc1ccc(OCCO)c(OC)c1)NC1CCCN(c2ccccc2)C1.I. The van der Waals surface area contributed by atoms with Crippen LogP contribution in [0.2, 0.25) is 0 Å². The minimum absolute atomic E-state index is 0. The lowest BCUT2D eigenvalue weighted by molar-refractivity contribution is 0.196. The van der Waals surface area contributed by atoms with E-state index in [-0.39, 0.29) is 37.2 Å². The lowest BCUT2D eigenvalue weighted by atomic mass is 10.1. The lowest BCUT2D eigenvalue weighted by Crippen LogP contribution is -2.51. The fraction of sp³-hybridized carbons (Fsp3) is 0.458. The minimum Gasteiger partial charge on any atom is -0.493 e. The van der Waals surface area contributed by atoms with Crippen molar-refractivity contribution < 1.29 is 14.6 Å². The molecule has 2 aromatic carbocycles. The van der Waals surface area contributed by atoms with Gasteiger partial charge in [0.1, 0.15) is 6.61 Å². The molecular formula is C24H35IN4O3. The zero-order valence-electron chi connectivity index (χ0n) is 18.9. The monoisotopic (exact) mass is 554 g/mol. The highest BCUT2D eigenvalue weighted by Gasteiger charge is 2.21. The summed E-state index contributed by atoms with van der Waals surface area (Å²) in [6.45, 7) is 5.66. The molecule has 0 amide bonds. The molecular weight excluding hydrogens is 519 g/mol. The Balaban J connectivity index is 0.00000363. The van der Waals surface area contributed by atoms with E-state index in [0.717, 1.165) is 44.0 Å². The van der Waals surface area contributed by atoms with Crippen molar-refractivity contribution in [2.45, 2.75) is 32.4 Å². The molecule has 176 valence electrons. The summed E-state index contributed by atoms with van der Waals surface area (Å²) < 4.78 is 10.9. The number of piperidine rings is 1. The molecule has 1 unspecified atom stereocenters. The molecule has 32 heavy (non-hydrogen) atoms. The molecule has 0 aliphatic carbocycles. The van der Waals surface area contributed by atoms with Gasteiger partial charge in [0.25, 0.3) is 0 Å². The van der Waals surface area contributed by atoms with Crippen LogP contribution in [-0.2, 0) is 6.54 Å². The third-order valence-electron chi connectivity index (χ3n) is 5.22. The summed E-state index contributed by atoms with van der Waals surface area (Å²) in [6, 6.07) is 16.7. The smallest absolute Gasteiger partial charge is 0.191 e. The summed E-state index contributed by atoms with van der Waals surface area (Å²) in [5.74, 6) is 2.09. The molecule has 1 atom stereocenters. The topological polar surface area (TPSA) is 78.4 Å². The number of nitrogens with zero attached hydrogens (tertiary/aromatic N) is 2. The van der Waals surface area contributed by atoms with Crippen molar-refractivity contribution in [1.29, 1.82) is 0 Å². The number of aliphatic hydroxyl groups is 1. The van der Waals surface area contributed by atoms with Crippen molar-refractivity contribution in [3.05, 3.63) is 54.1 Å². The van der Waals surface area contributed by atoms with E-state index < -0.39 is 0 Å². The number of hydrogen-bond acceptors (Lipinski definition) is 5. The number of hydrogen-bond donors (Lipinski definition) is 3. The number of guanidine groups is 1. The Morgan fingerprint density at radius 2 is 2.00 bits per heavy atom. The van der Waals surface area contributed by atoms with Gasteiger partial charge in [0, 0.05) is 31.4 Å². The summed E-state index contributed by atoms with van der Waals surface area (Å²) in [5.41, 5.74) is 2.30. The van der Waals surface area contributed by atoms with Crippen LogP contribution in [0.3, 0.4) is 0 Å². The average molecular weight is 554 g/mol. The van der Waals surface area contributed by atoms with E-state index in [1.54, 1.807) is 7.11 Å². The molecule has 0 saturated carbocycles. The highest BCUT2D eigenvalue weighted by molar-refractivity contribution is 14.0. The molecule has 0 bridgehead atoms. The number of para-hydroxylation sites is 1. The van der Waals surface area contributed by atoms with Crippen LogP contribution in [0.15, 0.2) is 53.5 Å². The Hall–Kier alpha value is -2.20. The number of nitrogens with one attached hydrogen (secondary N) is 2. The maximum atomic E-state index is 8.96. The first-order chi connectivity index (χ1) is 15.2. The van der Waals surface area contributed by atoms with Gasteiger partial charge in [-0.2, -0.15) is 0 Å². The summed E-state index contributed by atoms with van der Waals surface area (Å²) in [7, 11) is 1.61. The fourth-order valence-electron chi connectivity index (χ4n) is 3.74. The summed E-state index contributed by atoms with van der Waals surface area (Å²) in [5, 5.41) is 15.9. The van der Waals surface area contributed by atoms with Gasteiger partial charge in [-0.15, -0.1) is 24.0 Å². The molecule has 3 N–H and O–H groups in total. The molecule has 1 aliphatic heterocycles. The predicted octanol–water partition coefficient (Wildman–Crippen LogP) is 3.41. The first-order valence-corrected chi connectivity index (χ1v) is 11.0.